The van der Waals surface area contributed by atoms with Gasteiger partial charge in [0.2, 0.25) is 5.91 Å². The molecule has 1 unspecified atom stereocenters. The third-order valence-corrected chi connectivity index (χ3v) is 7.16. The zero-order valence-corrected chi connectivity index (χ0v) is 17.2. The molecule has 0 saturated heterocycles. The first-order valence-corrected chi connectivity index (χ1v) is 10.6. The number of hydrogen-bond donors (Lipinski definition) is 1. The second-order valence-corrected chi connectivity index (χ2v) is 10.00. The Balaban J connectivity index is 1.87. The van der Waals surface area contributed by atoms with Crippen molar-refractivity contribution in [2.24, 2.45) is 4.40 Å². The van der Waals surface area contributed by atoms with Crippen molar-refractivity contribution in [3.8, 4) is 0 Å². The minimum Gasteiger partial charge on any atom is -0.325 e. The van der Waals surface area contributed by atoms with E-state index < -0.39 is 28.0 Å². The molecule has 1 amide bonds. The Labute approximate surface area is 167 Å². The summed E-state index contributed by atoms with van der Waals surface area (Å²) in [5.41, 5.74) is 0.589. The van der Waals surface area contributed by atoms with Crippen LogP contribution in [0.2, 0.25) is 5.02 Å². The summed E-state index contributed by atoms with van der Waals surface area (Å²) < 4.78 is 43.4. The molecule has 1 N–H and O–H groups in total. The summed E-state index contributed by atoms with van der Waals surface area (Å²) in [5.74, 6) is -1.17. The lowest BCUT2D eigenvalue weighted by atomic mass is 10.1. The fourth-order valence-electron chi connectivity index (χ4n) is 2.39. The molecule has 0 bridgehead atoms. The number of benzene rings is 1. The molecule has 0 spiro atoms. The first-order chi connectivity index (χ1) is 12.2. The van der Waals surface area contributed by atoms with Crippen molar-refractivity contribution in [3.05, 3.63) is 49.8 Å². The molecule has 0 saturated carbocycles. The molecule has 26 heavy (non-hydrogen) atoms. The second-order valence-electron chi connectivity index (χ2n) is 5.47. The van der Waals surface area contributed by atoms with E-state index in [9.17, 15) is 17.6 Å². The fraction of sp³-hybridized carbons (Fsp3) is 0.200. The fourth-order valence-corrected chi connectivity index (χ4v) is 5.08. The summed E-state index contributed by atoms with van der Waals surface area (Å²) in [6.07, 6.45) is 0.115. The number of rotatable bonds is 3. The van der Waals surface area contributed by atoms with Gasteiger partial charge in [-0.2, -0.15) is 17.1 Å². The third kappa shape index (κ3) is 3.99. The van der Waals surface area contributed by atoms with E-state index >= 15 is 0 Å². The number of nitrogens with zero attached hydrogens (tertiary/aromatic N) is 2. The van der Waals surface area contributed by atoms with Crippen molar-refractivity contribution in [2.75, 3.05) is 12.4 Å². The minimum atomic E-state index is -3.99. The highest BCUT2D eigenvalue weighted by molar-refractivity contribution is 9.11. The van der Waals surface area contributed by atoms with E-state index in [0.717, 1.165) is 14.2 Å². The maximum absolute atomic E-state index is 13.2. The highest BCUT2D eigenvalue weighted by Crippen LogP contribution is 2.29. The minimum absolute atomic E-state index is 0.115. The Bertz CT molecular complexity index is 1010. The van der Waals surface area contributed by atoms with Crippen LogP contribution in [0.25, 0.3) is 0 Å². The lowest BCUT2D eigenvalue weighted by Crippen LogP contribution is -2.48. The van der Waals surface area contributed by atoms with Gasteiger partial charge in [0.1, 0.15) is 11.9 Å². The van der Waals surface area contributed by atoms with Crippen molar-refractivity contribution in [3.63, 3.8) is 0 Å². The number of halogens is 3. The van der Waals surface area contributed by atoms with Gasteiger partial charge < -0.3 is 5.32 Å². The van der Waals surface area contributed by atoms with E-state index in [1.165, 1.54) is 30.5 Å². The smallest absolute Gasteiger partial charge is 0.323 e. The first-order valence-electron chi connectivity index (χ1n) is 7.26. The van der Waals surface area contributed by atoms with E-state index in [-0.39, 0.29) is 17.1 Å². The number of likely N-dealkylation sites (N-methyl/N-ethyl adjacent to an activating group) is 1. The molecule has 1 aromatic heterocycles. The third-order valence-electron chi connectivity index (χ3n) is 3.76. The SMILES string of the molecule is CN1C(C(=O)Nc2ccc(F)c(Cl)c2)CC(c2ccc(Br)s2)=NS1(=O)=O. The van der Waals surface area contributed by atoms with Crippen LogP contribution in [-0.2, 0) is 15.0 Å². The number of carbonyl (C=O) groups excluding carboxylic acids is 1. The van der Waals surface area contributed by atoms with Crippen molar-refractivity contribution in [1.82, 2.24) is 4.31 Å². The number of thiophene rings is 1. The van der Waals surface area contributed by atoms with Crippen LogP contribution < -0.4 is 5.32 Å². The lowest BCUT2D eigenvalue weighted by molar-refractivity contribution is -0.119. The Morgan fingerprint density at radius 3 is 2.77 bits per heavy atom. The van der Waals surface area contributed by atoms with Crippen LogP contribution in [0, 0.1) is 5.82 Å². The van der Waals surface area contributed by atoms with Gasteiger partial charge in [0, 0.05) is 19.2 Å². The highest BCUT2D eigenvalue weighted by atomic mass is 79.9. The van der Waals surface area contributed by atoms with E-state index in [4.69, 9.17) is 11.6 Å². The van der Waals surface area contributed by atoms with Gasteiger partial charge >= 0.3 is 10.2 Å². The number of nitrogens with one attached hydrogen (secondary N) is 1. The molecule has 1 aliphatic rings. The van der Waals surface area contributed by atoms with Crippen LogP contribution in [-0.4, -0.2) is 37.4 Å². The van der Waals surface area contributed by atoms with Crippen LogP contribution in [0.15, 0.2) is 38.5 Å². The van der Waals surface area contributed by atoms with Gasteiger partial charge in [0.05, 0.1) is 19.4 Å². The van der Waals surface area contributed by atoms with Crippen LogP contribution in [0.5, 0.6) is 0 Å². The normalized spacial score (nSPS) is 19.8. The number of anilines is 1. The van der Waals surface area contributed by atoms with Gasteiger partial charge in [-0.15, -0.1) is 11.3 Å². The monoisotopic (exact) mass is 479 g/mol. The predicted molar refractivity (Wildman–Crippen MR) is 104 cm³/mol. The first kappa shape index (κ1) is 19.4. The number of hydrogen-bond acceptors (Lipinski definition) is 4. The number of carbonyl (C=O) groups is 1. The highest BCUT2D eigenvalue weighted by Gasteiger charge is 2.37. The van der Waals surface area contributed by atoms with Gasteiger partial charge in [-0.1, -0.05) is 11.6 Å². The quantitative estimate of drug-likeness (QED) is 0.728. The van der Waals surface area contributed by atoms with Crippen molar-refractivity contribution < 1.29 is 17.6 Å². The molecule has 11 heteroatoms. The average molecular weight is 481 g/mol. The maximum Gasteiger partial charge on any atom is 0.323 e. The Hall–Kier alpha value is -1.33. The Kier molecular flexibility index (Phi) is 5.50. The molecule has 3 rings (SSSR count). The maximum atomic E-state index is 13.2. The predicted octanol–water partition coefficient (Wildman–Crippen LogP) is 3.68. The molecular formula is C15H12BrClFN3O3S2. The summed E-state index contributed by atoms with van der Waals surface area (Å²) in [4.78, 5) is 13.3. The Morgan fingerprint density at radius 2 is 2.15 bits per heavy atom. The van der Waals surface area contributed by atoms with Gasteiger partial charge in [-0.3, -0.25) is 4.79 Å². The van der Waals surface area contributed by atoms with Gasteiger partial charge in [-0.05, 0) is 46.3 Å². The topological polar surface area (TPSA) is 78.8 Å². The molecule has 0 fully saturated rings. The molecule has 2 heterocycles. The van der Waals surface area contributed by atoms with Gasteiger partial charge in [0.25, 0.3) is 0 Å². The van der Waals surface area contributed by atoms with Crippen molar-refractivity contribution in [2.45, 2.75) is 12.5 Å². The average Bonchev–Trinajstić information content (AvgIpc) is 2.99. The summed E-state index contributed by atoms with van der Waals surface area (Å²) in [7, 11) is -2.69. The van der Waals surface area contributed by atoms with Crippen molar-refractivity contribution >= 4 is 66.4 Å². The van der Waals surface area contributed by atoms with Gasteiger partial charge in [0.15, 0.2) is 0 Å². The van der Waals surface area contributed by atoms with Gasteiger partial charge in [-0.25, -0.2) is 4.39 Å². The summed E-state index contributed by atoms with van der Waals surface area (Å²) in [6, 6.07) is 6.26. The Morgan fingerprint density at radius 1 is 1.42 bits per heavy atom. The van der Waals surface area contributed by atoms with E-state index in [2.05, 4.69) is 25.6 Å². The second kappa shape index (κ2) is 7.35. The molecule has 0 aliphatic carbocycles. The molecule has 1 atom stereocenters. The molecule has 1 aromatic carbocycles. The van der Waals surface area contributed by atoms with E-state index in [1.807, 2.05) is 0 Å². The van der Waals surface area contributed by atoms with Crippen LogP contribution in [0.1, 0.15) is 11.3 Å². The summed E-state index contributed by atoms with van der Waals surface area (Å²) in [5, 5.41) is 2.43. The molecule has 138 valence electrons. The molecule has 2 aromatic rings. The van der Waals surface area contributed by atoms with E-state index in [1.54, 1.807) is 12.1 Å². The zero-order valence-electron chi connectivity index (χ0n) is 13.2. The largest absolute Gasteiger partial charge is 0.325 e. The standard InChI is InChI=1S/C15H12BrClFN3O3S2/c1-21-12(15(22)19-8-2-3-10(18)9(17)6-8)7-11(20-26(21,23)24)13-4-5-14(16)25-13/h2-6,12H,7H2,1H3,(H,19,22). The van der Waals surface area contributed by atoms with Crippen LogP contribution in [0.4, 0.5) is 10.1 Å². The molecule has 0 radical (unpaired) electrons. The molecular weight excluding hydrogens is 469 g/mol. The summed E-state index contributed by atoms with van der Waals surface area (Å²) in [6.45, 7) is 0. The lowest BCUT2D eigenvalue weighted by Gasteiger charge is -2.29. The van der Waals surface area contributed by atoms with Crippen LogP contribution in [0.3, 0.4) is 0 Å². The van der Waals surface area contributed by atoms with E-state index in [0.29, 0.717) is 10.6 Å². The van der Waals surface area contributed by atoms with Crippen molar-refractivity contribution in [1.29, 1.82) is 0 Å². The zero-order chi connectivity index (χ0) is 19.1. The molecule has 6 nitrogen and oxygen atoms in total. The molecule has 1 aliphatic heterocycles. The van der Waals surface area contributed by atoms with Crippen LogP contribution >= 0.6 is 38.9 Å². The number of amides is 1. The summed E-state index contributed by atoms with van der Waals surface area (Å²) >= 11 is 10.4.